The Kier molecular flexibility index (Phi) is 2.16. The summed E-state index contributed by atoms with van der Waals surface area (Å²) in [5.74, 6) is 0. The molecule has 0 unspecified atom stereocenters. The highest BCUT2D eigenvalue weighted by Crippen LogP contribution is 2.19. The molecule has 0 spiro atoms. The lowest BCUT2D eigenvalue weighted by atomic mass is 10.4. The summed E-state index contributed by atoms with van der Waals surface area (Å²) in [6.07, 6.45) is -1.05. The van der Waals surface area contributed by atoms with Gasteiger partial charge < -0.3 is 0 Å². The van der Waals surface area contributed by atoms with Crippen LogP contribution < -0.4 is 0 Å². The maximum Gasteiger partial charge on any atom is 0.390 e. The molecule has 0 aliphatic rings. The predicted molar refractivity (Wildman–Crippen MR) is 31.7 cm³/mol. The molecule has 1 aromatic rings. The van der Waals surface area contributed by atoms with Crippen molar-refractivity contribution in [1.29, 1.82) is 0 Å². The third-order valence-corrected chi connectivity index (χ3v) is 1.11. The van der Waals surface area contributed by atoms with Gasteiger partial charge in [0.1, 0.15) is 0 Å². The highest BCUT2D eigenvalue weighted by molar-refractivity contribution is 4.75. The Balaban J connectivity index is 2.35. The summed E-state index contributed by atoms with van der Waals surface area (Å²) in [6.45, 7) is -0.156. The third kappa shape index (κ3) is 3.06. The Bertz CT molecular complexity index is 202. The number of aromatic nitrogens is 2. The maximum atomic E-state index is 11.6. The van der Waals surface area contributed by atoms with Crippen LogP contribution in [0, 0.1) is 6.20 Å². The van der Waals surface area contributed by atoms with Crippen LogP contribution in [0.3, 0.4) is 0 Å². The molecule has 0 fully saturated rings. The number of hydrogen-bond acceptors (Lipinski definition) is 1. The molecule has 0 saturated heterocycles. The fourth-order valence-electron chi connectivity index (χ4n) is 0.621. The van der Waals surface area contributed by atoms with Gasteiger partial charge in [0.15, 0.2) is 0 Å². The van der Waals surface area contributed by atoms with E-state index in [1.807, 2.05) is 0 Å². The standard InChI is InChI=1S/C6H6F3N2/c7-6(8,9)2-5-11-4-1-3-10-11/h1,3H,2,5H2. The van der Waals surface area contributed by atoms with Crippen molar-refractivity contribution in [3.05, 3.63) is 18.5 Å². The lowest BCUT2D eigenvalue weighted by Gasteiger charge is -2.04. The van der Waals surface area contributed by atoms with Crippen LogP contribution in [-0.2, 0) is 6.54 Å². The van der Waals surface area contributed by atoms with Gasteiger partial charge in [0, 0.05) is 6.20 Å². The first kappa shape index (κ1) is 8.10. The Hall–Kier alpha value is -1.00. The summed E-state index contributed by atoms with van der Waals surface area (Å²) in [5.41, 5.74) is 0. The number of alkyl halides is 3. The van der Waals surface area contributed by atoms with Crippen LogP contribution in [-0.4, -0.2) is 16.0 Å². The van der Waals surface area contributed by atoms with Crippen molar-refractivity contribution < 1.29 is 13.2 Å². The summed E-state index contributed by atoms with van der Waals surface area (Å²) < 4.78 is 35.9. The van der Waals surface area contributed by atoms with Crippen molar-refractivity contribution in [3.8, 4) is 0 Å². The first-order valence-corrected chi connectivity index (χ1v) is 3.04. The minimum Gasteiger partial charge on any atom is -0.263 e. The lowest BCUT2D eigenvalue weighted by molar-refractivity contribution is -0.137. The van der Waals surface area contributed by atoms with Crippen LogP contribution in [0.2, 0.25) is 0 Å². The van der Waals surface area contributed by atoms with Crippen LogP contribution in [0.5, 0.6) is 0 Å². The topological polar surface area (TPSA) is 17.8 Å². The second-order valence-electron chi connectivity index (χ2n) is 2.05. The minimum absolute atomic E-state index is 0.156. The molecular formula is C6H6F3N2. The molecule has 0 bridgehead atoms. The van der Waals surface area contributed by atoms with Crippen molar-refractivity contribution in [1.82, 2.24) is 9.78 Å². The second kappa shape index (κ2) is 2.94. The van der Waals surface area contributed by atoms with Crippen molar-refractivity contribution >= 4 is 0 Å². The minimum atomic E-state index is -4.11. The van der Waals surface area contributed by atoms with Gasteiger partial charge in [-0.25, -0.2) is 0 Å². The van der Waals surface area contributed by atoms with Crippen molar-refractivity contribution in [2.45, 2.75) is 19.1 Å². The van der Waals surface area contributed by atoms with Crippen LogP contribution in [0.1, 0.15) is 6.42 Å². The van der Waals surface area contributed by atoms with E-state index in [1.54, 1.807) is 0 Å². The zero-order chi connectivity index (χ0) is 8.32. The predicted octanol–water partition coefficient (Wildman–Crippen LogP) is 1.64. The molecule has 0 N–H and O–H groups in total. The van der Waals surface area contributed by atoms with Crippen molar-refractivity contribution in [2.75, 3.05) is 0 Å². The molecule has 1 radical (unpaired) electrons. The van der Waals surface area contributed by atoms with Gasteiger partial charge in [-0.1, -0.05) is 0 Å². The van der Waals surface area contributed by atoms with Crippen LogP contribution >= 0.6 is 0 Å². The van der Waals surface area contributed by atoms with E-state index in [0.717, 1.165) is 4.68 Å². The fraction of sp³-hybridized carbons (Fsp3) is 0.500. The average Bonchev–Trinajstić information content (AvgIpc) is 2.32. The van der Waals surface area contributed by atoms with E-state index in [9.17, 15) is 13.2 Å². The van der Waals surface area contributed by atoms with Crippen LogP contribution in [0.25, 0.3) is 0 Å². The van der Waals surface area contributed by atoms with Gasteiger partial charge in [0.2, 0.25) is 0 Å². The molecule has 0 amide bonds. The van der Waals surface area contributed by atoms with Gasteiger partial charge >= 0.3 is 6.18 Å². The van der Waals surface area contributed by atoms with Gasteiger partial charge in [0.05, 0.1) is 19.2 Å². The number of nitrogens with zero attached hydrogens (tertiary/aromatic N) is 2. The molecule has 1 rings (SSSR count). The van der Waals surface area contributed by atoms with Gasteiger partial charge in [0.25, 0.3) is 0 Å². The number of hydrogen-bond donors (Lipinski definition) is 0. The SMILES string of the molecule is FC(F)(F)CCn1[c]ccn1. The fourth-order valence-corrected chi connectivity index (χ4v) is 0.621. The Morgan fingerprint density at radius 1 is 1.45 bits per heavy atom. The molecule has 5 heteroatoms. The molecule has 11 heavy (non-hydrogen) atoms. The van der Waals surface area contributed by atoms with E-state index in [1.165, 1.54) is 12.3 Å². The molecule has 0 saturated carbocycles. The summed E-state index contributed by atoms with van der Waals surface area (Å²) in [6, 6.07) is 1.47. The summed E-state index contributed by atoms with van der Waals surface area (Å²) in [4.78, 5) is 0. The number of rotatable bonds is 2. The molecule has 0 atom stereocenters. The molecule has 2 nitrogen and oxygen atoms in total. The van der Waals surface area contributed by atoms with Gasteiger partial charge in [-0.05, 0) is 6.07 Å². The molecule has 0 aromatic carbocycles. The number of halogens is 3. The Morgan fingerprint density at radius 3 is 2.64 bits per heavy atom. The zero-order valence-corrected chi connectivity index (χ0v) is 5.60. The van der Waals surface area contributed by atoms with E-state index in [2.05, 4.69) is 11.3 Å². The van der Waals surface area contributed by atoms with Crippen molar-refractivity contribution in [3.63, 3.8) is 0 Å². The maximum absolute atomic E-state index is 11.6. The molecule has 0 aliphatic heterocycles. The normalized spacial score (nSPS) is 11.9. The van der Waals surface area contributed by atoms with E-state index in [0.29, 0.717) is 0 Å². The van der Waals surface area contributed by atoms with Gasteiger partial charge in [-0.2, -0.15) is 18.3 Å². The van der Waals surface area contributed by atoms with Crippen LogP contribution in [0.4, 0.5) is 13.2 Å². The number of aryl methyl sites for hydroxylation is 1. The van der Waals surface area contributed by atoms with E-state index >= 15 is 0 Å². The second-order valence-corrected chi connectivity index (χ2v) is 2.05. The average molecular weight is 163 g/mol. The summed E-state index contributed by atoms with van der Waals surface area (Å²) in [5, 5.41) is 3.58. The quantitative estimate of drug-likeness (QED) is 0.648. The smallest absolute Gasteiger partial charge is 0.263 e. The van der Waals surface area contributed by atoms with Gasteiger partial charge in [-0.15, -0.1) is 0 Å². The molecule has 1 aromatic heterocycles. The first-order chi connectivity index (χ1) is 5.08. The van der Waals surface area contributed by atoms with E-state index in [-0.39, 0.29) is 6.54 Å². The molecular weight excluding hydrogens is 157 g/mol. The van der Waals surface area contributed by atoms with Crippen molar-refractivity contribution in [2.24, 2.45) is 0 Å². The Morgan fingerprint density at radius 2 is 2.18 bits per heavy atom. The highest BCUT2D eigenvalue weighted by atomic mass is 19.4. The van der Waals surface area contributed by atoms with E-state index in [4.69, 9.17) is 0 Å². The Labute approximate surface area is 61.6 Å². The highest BCUT2D eigenvalue weighted by Gasteiger charge is 2.26. The van der Waals surface area contributed by atoms with E-state index < -0.39 is 12.6 Å². The monoisotopic (exact) mass is 163 g/mol. The third-order valence-electron chi connectivity index (χ3n) is 1.11. The van der Waals surface area contributed by atoms with Gasteiger partial charge in [-0.3, -0.25) is 4.68 Å². The first-order valence-electron chi connectivity index (χ1n) is 3.04. The molecule has 61 valence electrons. The largest absolute Gasteiger partial charge is 0.390 e. The zero-order valence-electron chi connectivity index (χ0n) is 5.60. The molecule has 1 heterocycles. The van der Waals surface area contributed by atoms with Crippen LogP contribution in [0.15, 0.2) is 12.3 Å². The summed E-state index contributed by atoms with van der Waals surface area (Å²) in [7, 11) is 0. The lowest BCUT2D eigenvalue weighted by Crippen LogP contribution is -2.12. The molecule has 0 aliphatic carbocycles. The summed E-state index contributed by atoms with van der Waals surface area (Å²) >= 11 is 0.